The zero-order valence-electron chi connectivity index (χ0n) is 13.7. The number of hydrogen-bond acceptors (Lipinski definition) is 4. The van der Waals surface area contributed by atoms with Gasteiger partial charge >= 0.3 is 5.97 Å². The van der Waals surface area contributed by atoms with Crippen LogP contribution in [0.15, 0.2) is 48.7 Å². The highest BCUT2D eigenvalue weighted by Crippen LogP contribution is 2.29. The highest BCUT2D eigenvalue weighted by molar-refractivity contribution is 6.33. The lowest BCUT2D eigenvalue weighted by Crippen LogP contribution is -2.43. The fraction of sp³-hybridized carbons (Fsp3) is 0.263. The van der Waals surface area contributed by atoms with Gasteiger partial charge in [-0.3, -0.25) is 0 Å². The molecule has 1 aromatic heterocycles. The quantitative estimate of drug-likeness (QED) is 0.692. The average Bonchev–Trinajstić information content (AvgIpc) is 3.04. The molecule has 0 unspecified atom stereocenters. The third-order valence-corrected chi connectivity index (χ3v) is 4.58. The molecule has 0 radical (unpaired) electrons. The Kier molecular flexibility index (Phi) is 5.36. The van der Waals surface area contributed by atoms with Crippen LogP contribution in [0.1, 0.15) is 17.5 Å². The van der Waals surface area contributed by atoms with Crippen molar-refractivity contribution in [2.75, 3.05) is 18.4 Å². The van der Waals surface area contributed by atoms with Gasteiger partial charge in [0.25, 0.3) is 0 Å². The minimum Gasteiger partial charge on any atom is -0.478 e. The van der Waals surface area contributed by atoms with Crippen LogP contribution in [0, 0.1) is 0 Å². The predicted octanol–water partition coefficient (Wildman–Crippen LogP) is 3.22. The van der Waals surface area contributed by atoms with E-state index in [1.807, 2.05) is 18.2 Å². The molecule has 1 aliphatic heterocycles. The van der Waals surface area contributed by atoms with Gasteiger partial charge in [0.1, 0.15) is 5.82 Å². The molecule has 2 heterocycles. The molecule has 3 rings (SSSR count). The summed E-state index contributed by atoms with van der Waals surface area (Å²) in [4.78, 5) is 15.0. The number of benzene rings is 1. The predicted molar refractivity (Wildman–Crippen MR) is 99.9 cm³/mol. The molecular formula is C19H20ClN3O2. The highest BCUT2D eigenvalue weighted by atomic mass is 35.5. The van der Waals surface area contributed by atoms with Crippen molar-refractivity contribution >= 4 is 29.5 Å². The molecular weight excluding hydrogens is 338 g/mol. The van der Waals surface area contributed by atoms with Gasteiger partial charge in [-0.25, -0.2) is 9.78 Å². The van der Waals surface area contributed by atoms with Crippen LogP contribution in [0.3, 0.4) is 0 Å². The molecule has 5 nitrogen and oxygen atoms in total. The fourth-order valence-electron chi connectivity index (χ4n) is 3.09. The van der Waals surface area contributed by atoms with Gasteiger partial charge in [-0.2, -0.15) is 0 Å². The maximum Gasteiger partial charge on any atom is 0.328 e. The summed E-state index contributed by atoms with van der Waals surface area (Å²) in [6.07, 6.45) is 6.01. The first-order valence-electron chi connectivity index (χ1n) is 8.16. The maximum atomic E-state index is 10.6. The molecule has 25 heavy (non-hydrogen) atoms. The zero-order valence-corrected chi connectivity index (χ0v) is 14.5. The zero-order chi connectivity index (χ0) is 17.7. The monoisotopic (exact) mass is 357 g/mol. The minimum atomic E-state index is -1.00. The number of anilines is 1. The average molecular weight is 358 g/mol. The second-order valence-electron chi connectivity index (χ2n) is 6.27. The molecule has 1 aromatic carbocycles. The summed E-state index contributed by atoms with van der Waals surface area (Å²) in [6.45, 7) is 1.78. The molecule has 3 N–H and O–H groups in total. The number of halogens is 1. The number of carbonyl (C=O) groups is 1. The summed E-state index contributed by atoms with van der Waals surface area (Å²) >= 11 is 6.36. The first-order chi connectivity index (χ1) is 12.1. The SMILES string of the molecule is O=C(O)/C=C/c1cnc(N[C@@]2(Cc3ccccc3)CCNC2)c(Cl)c1. The Hall–Kier alpha value is -2.37. The molecule has 1 atom stereocenters. The smallest absolute Gasteiger partial charge is 0.328 e. The van der Waals surface area contributed by atoms with Crippen molar-refractivity contribution in [1.82, 2.24) is 10.3 Å². The van der Waals surface area contributed by atoms with E-state index in [0.29, 0.717) is 16.4 Å². The van der Waals surface area contributed by atoms with Gasteiger partial charge in [-0.05, 0) is 42.7 Å². The van der Waals surface area contributed by atoms with Gasteiger partial charge in [0.15, 0.2) is 0 Å². The molecule has 6 heteroatoms. The van der Waals surface area contributed by atoms with Crippen LogP contribution in [-0.4, -0.2) is 34.7 Å². The topological polar surface area (TPSA) is 74.2 Å². The number of aromatic nitrogens is 1. The van der Waals surface area contributed by atoms with Gasteiger partial charge in [0, 0.05) is 18.8 Å². The summed E-state index contributed by atoms with van der Waals surface area (Å²) in [5.74, 6) is -0.383. The normalized spacial score (nSPS) is 20.0. The Bertz CT molecular complexity index is 771. The van der Waals surface area contributed by atoms with E-state index in [2.05, 4.69) is 27.8 Å². The third-order valence-electron chi connectivity index (χ3n) is 4.29. The molecule has 0 aliphatic carbocycles. The van der Waals surface area contributed by atoms with Crippen molar-refractivity contribution in [2.45, 2.75) is 18.4 Å². The Balaban J connectivity index is 1.79. The number of carboxylic acids is 1. The summed E-state index contributed by atoms with van der Waals surface area (Å²) < 4.78 is 0. The van der Waals surface area contributed by atoms with Crippen LogP contribution in [-0.2, 0) is 11.2 Å². The van der Waals surface area contributed by atoms with Crippen LogP contribution in [0.2, 0.25) is 5.02 Å². The number of nitrogens with zero attached hydrogens (tertiary/aromatic N) is 1. The number of pyridine rings is 1. The highest BCUT2D eigenvalue weighted by Gasteiger charge is 2.34. The fourth-order valence-corrected chi connectivity index (χ4v) is 3.31. The van der Waals surface area contributed by atoms with Gasteiger partial charge in [-0.1, -0.05) is 41.9 Å². The molecule has 0 saturated carbocycles. The van der Waals surface area contributed by atoms with Crippen molar-refractivity contribution in [3.8, 4) is 0 Å². The molecule has 2 aromatic rings. The first-order valence-corrected chi connectivity index (χ1v) is 8.54. The number of hydrogen-bond donors (Lipinski definition) is 3. The Morgan fingerprint density at radius 2 is 2.20 bits per heavy atom. The molecule has 0 amide bonds. The van der Waals surface area contributed by atoms with Crippen molar-refractivity contribution in [2.24, 2.45) is 0 Å². The molecule has 1 fully saturated rings. The van der Waals surface area contributed by atoms with Gasteiger partial charge in [0.05, 0.1) is 10.6 Å². The summed E-state index contributed by atoms with van der Waals surface area (Å²) in [5.41, 5.74) is 1.77. The van der Waals surface area contributed by atoms with Crippen LogP contribution < -0.4 is 10.6 Å². The van der Waals surface area contributed by atoms with E-state index in [-0.39, 0.29) is 5.54 Å². The van der Waals surface area contributed by atoms with E-state index in [0.717, 1.165) is 32.0 Å². The van der Waals surface area contributed by atoms with Gasteiger partial charge in [-0.15, -0.1) is 0 Å². The number of aliphatic carboxylic acids is 1. The lowest BCUT2D eigenvalue weighted by Gasteiger charge is -2.31. The maximum absolute atomic E-state index is 10.6. The van der Waals surface area contributed by atoms with Crippen LogP contribution in [0.5, 0.6) is 0 Å². The lowest BCUT2D eigenvalue weighted by molar-refractivity contribution is -0.131. The van der Waals surface area contributed by atoms with E-state index in [9.17, 15) is 4.79 Å². The van der Waals surface area contributed by atoms with Crippen molar-refractivity contribution < 1.29 is 9.90 Å². The van der Waals surface area contributed by atoms with Crippen LogP contribution in [0.25, 0.3) is 6.08 Å². The van der Waals surface area contributed by atoms with Crippen LogP contribution in [0.4, 0.5) is 5.82 Å². The second kappa shape index (κ2) is 7.68. The first kappa shape index (κ1) is 17.5. The molecule has 0 bridgehead atoms. The van der Waals surface area contributed by atoms with E-state index >= 15 is 0 Å². The van der Waals surface area contributed by atoms with Crippen molar-refractivity contribution in [3.05, 3.63) is 64.8 Å². The van der Waals surface area contributed by atoms with E-state index in [1.165, 1.54) is 11.6 Å². The molecule has 130 valence electrons. The summed E-state index contributed by atoms with van der Waals surface area (Å²) in [6, 6.07) is 12.1. The number of nitrogens with one attached hydrogen (secondary N) is 2. The van der Waals surface area contributed by atoms with E-state index < -0.39 is 5.97 Å². The van der Waals surface area contributed by atoms with Gasteiger partial charge < -0.3 is 15.7 Å². The molecule has 1 aliphatic rings. The van der Waals surface area contributed by atoms with Crippen molar-refractivity contribution in [1.29, 1.82) is 0 Å². The number of carboxylic acid groups (broad SMARTS) is 1. The second-order valence-corrected chi connectivity index (χ2v) is 6.67. The largest absolute Gasteiger partial charge is 0.478 e. The Morgan fingerprint density at radius 3 is 2.84 bits per heavy atom. The minimum absolute atomic E-state index is 0.142. The standard InChI is InChI=1S/C19H20ClN3O2/c20-16-10-15(6-7-17(24)25)12-22-18(16)23-19(8-9-21-13-19)11-14-4-2-1-3-5-14/h1-7,10,12,21H,8-9,11,13H2,(H,22,23)(H,24,25)/b7-6+/t19-/m1/s1. The van der Waals surface area contributed by atoms with Crippen LogP contribution >= 0.6 is 11.6 Å². The molecule has 1 saturated heterocycles. The lowest BCUT2D eigenvalue weighted by atomic mass is 9.90. The molecule has 0 spiro atoms. The summed E-state index contributed by atoms with van der Waals surface area (Å²) in [5, 5.41) is 16.1. The van der Waals surface area contributed by atoms with Gasteiger partial charge in [0.2, 0.25) is 0 Å². The number of rotatable bonds is 6. The van der Waals surface area contributed by atoms with E-state index in [4.69, 9.17) is 16.7 Å². The Labute approximate surface area is 151 Å². The summed E-state index contributed by atoms with van der Waals surface area (Å²) in [7, 11) is 0. The van der Waals surface area contributed by atoms with E-state index in [1.54, 1.807) is 12.3 Å². The Morgan fingerprint density at radius 1 is 1.40 bits per heavy atom. The van der Waals surface area contributed by atoms with Crippen molar-refractivity contribution in [3.63, 3.8) is 0 Å². The third kappa shape index (κ3) is 4.59.